The number of nitrogens with zero attached hydrogens (tertiary/aromatic N) is 1. The zero-order valence-corrected chi connectivity index (χ0v) is 26.4. The molecule has 11 heteroatoms. The molecule has 4 rings (SSSR count). The lowest BCUT2D eigenvalue weighted by Gasteiger charge is -2.36. The van der Waals surface area contributed by atoms with Crippen molar-refractivity contribution in [1.29, 1.82) is 0 Å². The molecule has 232 valence electrons. The predicted molar refractivity (Wildman–Crippen MR) is 156 cm³/mol. The summed E-state index contributed by atoms with van der Waals surface area (Å²) in [4.78, 5) is 25.3. The number of halogens is 4. The monoisotopic (exact) mass is 711 g/mol. The van der Waals surface area contributed by atoms with Crippen LogP contribution in [0.15, 0.2) is 66.7 Å². The van der Waals surface area contributed by atoms with Gasteiger partial charge in [0.2, 0.25) is 5.91 Å². The standard InChI is InChI=1S/C32H36F3N3O4.HI/c1-38(2)17-15-26(16-18-38)42-31(41)37-29-19-22(11-14-27(29)23-8-4-3-5-9-23)7-6-10-30(40)36-25-13-12-24(21-39)28(20-25)32(33,34)35;/h3-5,8-9,11-14,19-20,26,39H,6-7,10,15-18,21H2,1-2H3,(H-,36,37,40,41);1H. The number of anilines is 2. The zero-order chi connectivity index (χ0) is 30.3. The maximum atomic E-state index is 13.3. The third-order valence-electron chi connectivity index (χ3n) is 7.53. The van der Waals surface area contributed by atoms with Crippen LogP contribution in [-0.2, 0) is 28.7 Å². The van der Waals surface area contributed by atoms with E-state index in [0.717, 1.165) is 59.2 Å². The molecular formula is C32H37F3IN3O4. The largest absolute Gasteiger partial charge is 1.00 e. The quantitative estimate of drug-likeness (QED) is 0.234. The number of carbonyl (C=O) groups is 2. The average Bonchev–Trinajstić information content (AvgIpc) is 2.94. The highest BCUT2D eigenvalue weighted by atomic mass is 127. The van der Waals surface area contributed by atoms with Crippen molar-refractivity contribution in [2.45, 2.75) is 51.0 Å². The molecule has 43 heavy (non-hydrogen) atoms. The maximum absolute atomic E-state index is 13.3. The third kappa shape index (κ3) is 9.94. The van der Waals surface area contributed by atoms with Crippen molar-refractivity contribution in [3.63, 3.8) is 0 Å². The highest BCUT2D eigenvalue weighted by molar-refractivity contribution is 5.92. The fourth-order valence-corrected chi connectivity index (χ4v) is 5.10. The van der Waals surface area contributed by atoms with Crippen molar-refractivity contribution in [1.82, 2.24) is 0 Å². The molecule has 1 aliphatic heterocycles. The van der Waals surface area contributed by atoms with Gasteiger partial charge in [-0.3, -0.25) is 10.1 Å². The number of hydrogen-bond acceptors (Lipinski definition) is 4. The van der Waals surface area contributed by atoms with E-state index in [0.29, 0.717) is 18.5 Å². The Morgan fingerprint density at radius 3 is 2.33 bits per heavy atom. The summed E-state index contributed by atoms with van der Waals surface area (Å²) in [5.41, 5.74) is 2.04. The molecule has 0 aliphatic carbocycles. The number of hydrogen-bond donors (Lipinski definition) is 3. The number of ether oxygens (including phenoxy) is 1. The Balaban J connectivity index is 0.00000506. The van der Waals surface area contributed by atoms with E-state index in [9.17, 15) is 27.9 Å². The van der Waals surface area contributed by atoms with Crippen molar-refractivity contribution < 1.29 is 61.1 Å². The Bertz CT molecular complexity index is 1390. The van der Waals surface area contributed by atoms with Gasteiger partial charge in [-0.2, -0.15) is 13.2 Å². The molecule has 0 unspecified atom stereocenters. The summed E-state index contributed by atoms with van der Waals surface area (Å²) in [6.07, 6.45) is -2.64. The zero-order valence-electron chi connectivity index (χ0n) is 24.2. The number of carbonyl (C=O) groups excluding carboxylic acids is 2. The first-order valence-electron chi connectivity index (χ1n) is 14.0. The van der Waals surface area contributed by atoms with E-state index in [1.54, 1.807) is 0 Å². The molecule has 1 aliphatic rings. The molecule has 0 saturated carbocycles. The molecule has 3 N–H and O–H groups in total. The molecule has 0 radical (unpaired) electrons. The Labute approximate surface area is 267 Å². The molecule has 1 saturated heterocycles. The van der Waals surface area contributed by atoms with Gasteiger partial charge >= 0.3 is 12.3 Å². The van der Waals surface area contributed by atoms with Crippen LogP contribution in [0.25, 0.3) is 11.1 Å². The number of piperidine rings is 1. The fourth-order valence-electron chi connectivity index (χ4n) is 5.10. The number of amides is 2. The Hall–Kier alpha value is -3.16. The minimum atomic E-state index is -4.64. The number of aliphatic hydroxyl groups excluding tert-OH is 1. The summed E-state index contributed by atoms with van der Waals surface area (Å²) in [5.74, 6) is -0.419. The van der Waals surface area contributed by atoms with Crippen LogP contribution in [0, 0.1) is 0 Å². The van der Waals surface area contributed by atoms with Crippen LogP contribution in [0.1, 0.15) is 42.4 Å². The third-order valence-corrected chi connectivity index (χ3v) is 7.53. The minimum Gasteiger partial charge on any atom is -1.00 e. The molecule has 1 fully saturated rings. The van der Waals surface area contributed by atoms with E-state index in [1.807, 2.05) is 48.5 Å². The number of rotatable bonds is 9. The summed E-state index contributed by atoms with van der Waals surface area (Å²) in [6, 6.07) is 18.7. The lowest BCUT2D eigenvalue weighted by atomic mass is 9.99. The lowest BCUT2D eigenvalue weighted by molar-refractivity contribution is -0.896. The van der Waals surface area contributed by atoms with Gasteiger partial charge in [-0.25, -0.2) is 4.79 Å². The van der Waals surface area contributed by atoms with E-state index in [-0.39, 0.29) is 47.8 Å². The molecule has 3 aromatic rings. The first-order valence-corrected chi connectivity index (χ1v) is 14.0. The lowest BCUT2D eigenvalue weighted by Crippen LogP contribution is -3.00. The van der Waals surface area contributed by atoms with Crippen molar-refractivity contribution in [3.05, 3.63) is 83.4 Å². The van der Waals surface area contributed by atoms with Gasteiger partial charge in [0.1, 0.15) is 6.10 Å². The van der Waals surface area contributed by atoms with Crippen LogP contribution in [0.5, 0.6) is 0 Å². The van der Waals surface area contributed by atoms with Crippen LogP contribution < -0.4 is 34.6 Å². The Morgan fingerprint density at radius 1 is 0.977 bits per heavy atom. The second-order valence-electron chi connectivity index (χ2n) is 11.3. The number of aryl methyl sites for hydroxylation is 1. The number of quaternary nitrogens is 1. The molecule has 1 heterocycles. The fraction of sp³-hybridized carbons (Fsp3) is 0.375. The highest BCUT2D eigenvalue weighted by Gasteiger charge is 2.33. The Morgan fingerprint density at radius 2 is 1.67 bits per heavy atom. The van der Waals surface area contributed by atoms with Crippen molar-refractivity contribution in [3.8, 4) is 11.1 Å². The molecule has 7 nitrogen and oxygen atoms in total. The number of aliphatic hydroxyl groups is 1. The summed E-state index contributed by atoms with van der Waals surface area (Å²) >= 11 is 0. The van der Waals surface area contributed by atoms with Gasteiger partial charge in [-0.1, -0.05) is 48.5 Å². The SMILES string of the molecule is C[N+]1(C)CCC(OC(=O)Nc2cc(CCCC(=O)Nc3ccc(CO)c(C(F)(F)F)c3)ccc2-c2ccccc2)CC1.[I-]. The van der Waals surface area contributed by atoms with Crippen LogP contribution in [-0.4, -0.2) is 54.9 Å². The van der Waals surface area contributed by atoms with Crippen molar-refractivity contribution >= 4 is 23.4 Å². The van der Waals surface area contributed by atoms with Gasteiger partial charge in [-0.05, 0) is 47.7 Å². The molecule has 0 bridgehead atoms. The summed E-state index contributed by atoms with van der Waals surface area (Å²) in [7, 11) is 4.33. The molecule has 3 aromatic carbocycles. The summed E-state index contributed by atoms with van der Waals surface area (Å²) < 4.78 is 46.5. The van der Waals surface area contributed by atoms with Gasteiger partial charge < -0.3 is 43.6 Å². The molecular weight excluding hydrogens is 674 g/mol. The number of likely N-dealkylation sites (tertiary alicyclic amines) is 1. The van der Waals surface area contributed by atoms with E-state index in [4.69, 9.17) is 4.74 Å². The molecule has 2 amide bonds. The molecule has 0 aromatic heterocycles. The van der Waals surface area contributed by atoms with E-state index < -0.39 is 30.3 Å². The van der Waals surface area contributed by atoms with E-state index >= 15 is 0 Å². The van der Waals surface area contributed by atoms with Crippen LogP contribution in [0.3, 0.4) is 0 Å². The predicted octanol–water partition coefficient (Wildman–Crippen LogP) is 3.62. The number of alkyl halides is 3. The normalized spacial score (nSPS) is 14.8. The van der Waals surface area contributed by atoms with Crippen LogP contribution in [0.4, 0.5) is 29.3 Å². The smallest absolute Gasteiger partial charge is 0.416 e. The van der Waals surface area contributed by atoms with Crippen molar-refractivity contribution in [2.24, 2.45) is 0 Å². The summed E-state index contributed by atoms with van der Waals surface area (Å²) in [6.45, 7) is 1.13. The van der Waals surface area contributed by atoms with Gasteiger partial charge in [0.25, 0.3) is 0 Å². The second kappa shape index (κ2) is 15.0. The van der Waals surface area contributed by atoms with Crippen LogP contribution in [0.2, 0.25) is 0 Å². The molecule has 0 spiro atoms. The number of benzene rings is 3. The average molecular weight is 712 g/mol. The maximum Gasteiger partial charge on any atom is 0.416 e. The highest BCUT2D eigenvalue weighted by Crippen LogP contribution is 2.34. The van der Waals surface area contributed by atoms with Crippen LogP contribution >= 0.6 is 0 Å². The van der Waals surface area contributed by atoms with E-state index in [2.05, 4.69) is 24.7 Å². The van der Waals surface area contributed by atoms with E-state index in [1.165, 1.54) is 6.07 Å². The van der Waals surface area contributed by atoms with Gasteiger partial charge in [-0.15, -0.1) is 0 Å². The Kier molecular flexibility index (Phi) is 12.0. The number of nitrogens with one attached hydrogen (secondary N) is 2. The van der Waals surface area contributed by atoms with Gasteiger partial charge in [0.05, 0.1) is 45.0 Å². The van der Waals surface area contributed by atoms with Gasteiger partial charge in [0.15, 0.2) is 0 Å². The summed E-state index contributed by atoms with van der Waals surface area (Å²) in [5, 5.41) is 14.6. The minimum absolute atomic E-state index is 0. The van der Waals surface area contributed by atoms with Crippen molar-refractivity contribution in [2.75, 3.05) is 37.8 Å². The topological polar surface area (TPSA) is 87.7 Å². The first-order chi connectivity index (χ1) is 19.9. The van der Waals surface area contributed by atoms with Gasteiger partial charge in [0, 0.05) is 30.5 Å². The second-order valence-corrected chi connectivity index (χ2v) is 11.3. The molecule has 0 atom stereocenters. The first kappa shape index (κ1) is 34.3.